The SMILES string of the molecule is COc1ccc(-c2nc(N3CC(O)CC3CO)nc3nc[nH]c23)cc1. The number of hydrogen-bond acceptors (Lipinski definition) is 7. The summed E-state index contributed by atoms with van der Waals surface area (Å²) in [6, 6.07) is 7.39. The van der Waals surface area contributed by atoms with E-state index in [0.717, 1.165) is 22.5 Å². The number of rotatable bonds is 4. The lowest BCUT2D eigenvalue weighted by atomic mass is 10.1. The highest BCUT2D eigenvalue weighted by atomic mass is 16.5. The molecule has 2 aromatic heterocycles. The van der Waals surface area contributed by atoms with E-state index in [2.05, 4.69) is 15.0 Å². The summed E-state index contributed by atoms with van der Waals surface area (Å²) in [6.45, 7) is 0.333. The number of aromatic nitrogens is 4. The van der Waals surface area contributed by atoms with Crippen molar-refractivity contribution in [2.75, 3.05) is 25.2 Å². The zero-order valence-corrected chi connectivity index (χ0v) is 13.8. The van der Waals surface area contributed by atoms with Crippen LogP contribution in [-0.4, -0.2) is 62.6 Å². The molecule has 25 heavy (non-hydrogen) atoms. The van der Waals surface area contributed by atoms with E-state index in [4.69, 9.17) is 9.72 Å². The predicted octanol–water partition coefficient (Wildman–Crippen LogP) is 0.960. The van der Waals surface area contributed by atoms with Gasteiger partial charge in [0.05, 0.1) is 32.2 Å². The number of aliphatic hydroxyl groups is 2. The molecule has 1 aliphatic heterocycles. The van der Waals surface area contributed by atoms with Crippen molar-refractivity contribution in [2.24, 2.45) is 0 Å². The largest absolute Gasteiger partial charge is 0.497 e. The molecule has 1 aromatic carbocycles. The summed E-state index contributed by atoms with van der Waals surface area (Å²) in [4.78, 5) is 18.4. The first-order valence-corrected chi connectivity index (χ1v) is 8.10. The molecule has 2 unspecified atom stereocenters. The number of imidazole rings is 1. The zero-order valence-electron chi connectivity index (χ0n) is 13.8. The summed E-state index contributed by atoms with van der Waals surface area (Å²) in [5.41, 5.74) is 2.92. The average Bonchev–Trinajstić information content (AvgIpc) is 3.26. The second-order valence-electron chi connectivity index (χ2n) is 6.08. The predicted molar refractivity (Wildman–Crippen MR) is 92.5 cm³/mol. The number of β-amino-alcohol motifs (C(OH)–C–C–N with tert-alkyl or cyclic N) is 1. The van der Waals surface area contributed by atoms with Gasteiger partial charge in [0.2, 0.25) is 5.95 Å². The summed E-state index contributed by atoms with van der Waals surface area (Å²) >= 11 is 0. The van der Waals surface area contributed by atoms with Crippen LogP contribution in [0.2, 0.25) is 0 Å². The third kappa shape index (κ3) is 2.79. The molecule has 0 bridgehead atoms. The summed E-state index contributed by atoms with van der Waals surface area (Å²) in [7, 11) is 1.62. The summed E-state index contributed by atoms with van der Waals surface area (Å²) < 4.78 is 5.21. The number of fused-ring (bicyclic) bond motifs is 1. The number of nitrogens with one attached hydrogen (secondary N) is 1. The maximum absolute atomic E-state index is 9.94. The van der Waals surface area contributed by atoms with Crippen LogP contribution >= 0.6 is 0 Å². The normalized spacial score (nSPS) is 20.4. The molecule has 0 spiro atoms. The van der Waals surface area contributed by atoms with E-state index >= 15 is 0 Å². The minimum atomic E-state index is -0.500. The van der Waals surface area contributed by atoms with Crippen LogP contribution in [-0.2, 0) is 0 Å². The first kappa shape index (κ1) is 15.8. The van der Waals surface area contributed by atoms with E-state index < -0.39 is 6.10 Å². The van der Waals surface area contributed by atoms with E-state index in [1.165, 1.54) is 0 Å². The molecule has 1 fully saturated rings. The van der Waals surface area contributed by atoms with Crippen LogP contribution in [0.25, 0.3) is 22.4 Å². The molecule has 0 saturated carbocycles. The Morgan fingerprint density at radius 1 is 1.28 bits per heavy atom. The van der Waals surface area contributed by atoms with E-state index in [0.29, 0.717) is 24.6 Å². The molecule has 0 amide bonds. The fourth-order valence-electron chi connectivity index (χ4n) is 3.22. The van der Waals surface area contributed by atoms with Crippen molar-refractivity contribution >= 4 is 17.1 Å². The van der Waals surface area contributed by atoms with Gasteiger partial charge >= 0.3 is 0 Å². The second kappa shape index (κ2) is 6.30. The van der Waals surface area contributed by atoms with Crippen LogP contribution in [0.5, 0.6) is 5.75 Å². The highest BCUT2D eigenvalue weighted by Gasteiger charge is 2.33. The van der Waals surface area contributed by atoms with E-state index in [1.807, 2.05) is 29.2 Å². The molecular weight excluding hydrogens is 322 g/mol. The fourth-order valence-corrected chi connectivity index (χ4v) is 3.22. The van der Waals surface area contributed by atoms with Crippen molar-refractivity contribution < 1.29 is 14.9 Å². The van der Waals surface area contributed by atoms with Crippen molar-refractivity contribution in [3.05, 3.63) is 30.6 Å². The van der Waals surface area contributed by atoms with Crippen molar-refractivity contribution in [1.29, 1.82) is 0 Å². The van der Waals surface area contributed by atoms with Crippen LogP contribution in [0.3, 0.4) is 0 Å². The van der Waals surface area contributed by atoms with Crippen molar-refractivity contribution in [1.82, 2.24) is 19.9 Å². The molecule has 8 heteroatoms. The molecule has 8 nitrogen and oxygen atoms in total. The minimum Gasteiger partial charge on any atom is -0.497 e. The molecule has 4 rings (SSSR count). The number of anilines is 1. The van der Waals surface area contributed by atoms with Gasteiger partial charge in [0.15, 0.2) is 5.65 Å². The van der Waals surface area contributed by atoms with Crippen LogP contribution in [0, 0.1) is 0 Å². The van der Waals surface area contributed by atoms with E-state index in [1.54, 1.807) is 13.4 Å². The Balaban J connectivity index is 1.82. The Hall–Kier alpha value is -2.71. The van der Waals surface area contributed by atoms with Gasteiger partial charge in [-0.05, 0) is 30.7 Å². The number of aromatic amines is 1. The Kier molecular flexibility index (Phi) is 3.98. The van der Waals surface area contributed by atoms with Gasteiger partial charge in [-0.25, -0.2) is 9.97 Å². The molecule has 130 valence electrons. The summed E-state index contributed by atoms with van der Waals surface area (Å²) in [5.74, 6) is 1.22. The van der Waals surface area contributed by atoms with Crippen LogP contribution in [0.1, 0.15) is 6.42 Å². The monoisotopic (exact) mass is 341 g/mol. The molecule has 3 aromatic rings. The average molecular weight is 341 g/mol. The van der Waals surface area contributed by atoms with Crippen molar-refractivity contribution in [3.63, 3.8) is 0 Å². The number of hydrogen-bond donors (Lipinski definition) is 3. The second-order valence-corrected chi connectivity index (χ2v) is 6.08. The topological polar surface area (TPSA) is 107 Å². The zero-order chi connectivity index (χ0) is 17.4. The highest BCUT2D eigenvalue weighted by Crippen LogP contribution is 2.30. The first-order chi connectivity index (χ1) is 12.2. The molecule has 0 aliphatic carbocycles. The highest BCUT2D eigenvalue weighted by molar-refractivity contribution is 5.88. The van der Waals surface area contributed by atoms with Gasteiger partial charge in [-0.15, -0.1) is 0 Å². The number of methoxy groups -OCH3 is 1. The first-order valence-electron chi connectivity index (χ1n) is 8.10. The molecular formula is C17H19N5O3. The summed E-state index contributed by atoms with van der Waals surface area (Å²) in [5, 5.41) is 19.5. The molecule has 3 N–H and O–H groups in total. The molecule has 3 heterocycles. The number of ether oxygens (including phenoxy) is 1. The Morgan fingerprint density at radius 2 is 2.08 bits per heavy atom. The smallest absolute Gasteiger partial charge is 0.228 e. The molecule has 0 radical (unpaired) electrons. The van der Waals surface area contributed by atoms with Crippen LogP contribution in [0.4, 0.5) is 5.95 Å². The van der Waals surface area contributed by atoms with Gasteiger partial charge in [0.25, 0.3) is 0 Å². The van der Waals surface area contributed by atoms with E-state index in [9.17, 15) is 10.2 Å². The number of H-pyrrole nitrogens is 1. The Bertz CT molecular complexity index is 880. The number of nitrogens with zero attached hydrogens (tertiary/aromatic N) is 4. The Labute approximate surface area is 144 Å². The Morgan fingerprint density at radius 3 is 2.80 bits per heavy atom. The number of aliphatic hydroxyl groups excluding tert-OH is 2. The van der Waals surface area contributed by atoms with Crippen molar-refractivity contribution in [3.8, 4) is 17.0 Å². The van der Waals surface area contributed by atoms with Gasteiger partial charge < -0.3 is 24.8 Å². The number of benzene rings is 1. The molecule has 1 saturated heterocycles. The van der Waals surface area contributed by atoms with E-state index in [-0.39, 0.29) is 12.6 Å². The lowest BCUT2D eigenvalue weighted by molar-refractivity contribution is 0.184. The van der Waals surface area contributed by atoms with Gasteiger partial charge in [-0.3, -0.25) is 0 Å². The lowest BCUT2D eigenvalue weighted by Gasteiger charge is -2.23. The van der Waals surface area contributed by atoms with Crippen LogP contribution < -0.4 is 9.64 Å². The third-order valence-electron chi connectivity index (χ3n) is 4.50. The molecule has 2 atom stereocenters. The van der Waals surface area contributed by atoms with Crippen LogP contribution in [0.15, 0.2) is 30.6 Å². The van der Waals surface area contributed by atoms with Gasteiger partial charge in [0, 0.05) is 12.1 Å². The fraction of sp³-hybridized carbons (Fsp3) is 0.353. The van der Waals surface area contributed by atoms with Gasteiger partial charge in [-0.1, -0.05) is 0 Å². The lowest BCUT2D eigenvalue weighted by Crippen LogP contribution is -2.33. The van der Waals surface area contributed by atoms with Gasteiger partial charge in [-0.2, -0.15) is 4.98 Å². The standard InChI is InChI=1S/C17H19N5O3/c1-25-13-4-2-10(3-5-13)14-15-16(19-9-18-15)21-17(20-14)22-7-12(24)6-11(22)8-23/h2-5,9,11-12,23-24H,6-8H2,1H3,(H,18,19,20,21). The van der Waals surface area contributed by atoms with Gasteiger partial charge in [0.1, 0.15) is 17.0 Å². The minimum absolute atomic E-state index is 0.0586. The quantitative estimate of drug-likeness (QED) is 0.649. The third-order valence-corrected chi connectivity index (χ3v) is 4.50. The maximum Gasteiger partial charge on any atom is 0.228 e. The van der Waals surface area contributed by atoms with Crippen molar-refractivity contribution in [2.45, 2.75) is 18.6 Å². The summed E-state index contributed by atoms with van der Waals surface area (Å²) in [6.07, 6.45) is 1.58. The molecule has 1 aliphatic rings. The maximum atomic E-state index is 9.94.